The van der Waals surface area contributed by atoms with Crippen molar-refractivity contribution in [2.45, 2.75) is 0 Å². The van der Waals surface area contributed by atoms with Crippen molar-refractivity contribution in [3.05, 3.63) is 91.2 Å². The van der Waals surface area contributed by atoms with E-state index in [4.69, 9.17) is 0 Å². The number of benzene rings is 3. The number of nitro benzene ring substituents is 1. The molecular formula is C20H11N3O3S. The molecule has 0 spiro atoms. The Hall–Kier alpha value is -3.58. The number of fused-ring (bicyclic) bond motifs is 5. The van der Waals surface area contributed by atoms with Crippen LogP contribution < -0.4 is 10.1 Å². The first-order chi connectivity index (χ1) is 13.1. The molecule has 3 aromatic carbocycles. The maximum Gasteiger partial charge on any atom is 0.274 e. The first kappa shape index (κ1) is 15.7. The Bertz CT molecular complexity index is 1480. The number of hydrogen-bond donors (Lipinski definition) is 0. The fraction of sp³-hybridized carbons (Fsp3) is 0. The Balaban J connectivity index is 1.77. The lowest BCUT2D eigenvalue weighted by Gasteiger charge is -1.97. The van der Waals surface area contributed by atoms with Crippen LogP contribution in [0, 0.1) is 10.1 Å². The van der Waals surface area contributed by atoms with Crippen LogP contribution in [-0.2, 0) is 0 Å². The van der Waals surface area contributed by atoms with Crippen molar-refractivity contribution in [1.29, 1.82) is 0 Å². The molecule has 0 radical (unpaired) electrons. The molecule has 0 unspecified atom stereocenters. The number of non-ortho nitro benzene ring substituents is 1. The summed E-state index contributed by atoms with van der Waals surface area (Å²) in [4.78, 5) is 28.7. The summed E-state index contributed by atoms with van der Waals surface area (Å²) in [7, 11) is 0. The van der Waals surface area contributed by atoms with Crippen LogP contribution in [0.25, 0.3) is 32.8 Å². The average molecular weight is 373 g/mol. The molecule has 0 saturated heterocycles. The Morgan fingerprint density at radius 2 is 1.93 bits per heavy atom. The third-order valence-electron chi connectivity index (χ3n) is 4.51. The standard InChI is InChI=1S/C20H11N3O3S/c24-19-17(11-12-4-3-6-14(10-12)23(25)26)27-20-21-18-15-7-2-1-5-13(15)8-9-16(18)22(19)20/h1-11H/b17-11+. The lowest BCUT2D eigenvalue weighted by Crippen LogP contribution is -2.22. The monoisotopic (exact) mass is 373 g/mol. The zero-order valence-corrected chi connectivity index (χ0v) is 14.6. The molecule has 27 heavy (non-hydrogen) atoms. The van der Waals surface area contributed by atoms with E-state index in [1.165, 1.54) is 23.5 Å². The highest BCUT2D eigenvalue weighted by Crippen LogP contribution is 2.25. The number of hydrogen-bond acceptors (Lipinski definition) is 5. The summed E-state index contributed by atoms with van der Waals surface area (Å²) in [5, 5.41) is 13.0. The van der Waals surface area contributed by atoms with Gasteiger partial charge in [0.1, 0.15) is 0 Å². The summed E-state index contributed by atoms with van der Waals surface area (Å²) < 4.78 is 2.10. The summed E-state index contributed by atoms with van der Waals surface area (Å²) in [5.41, 5.74) is 2.01. The Morgan fingerprint density at radius 1 is 1.07 bits per heavy atom. The van der Waals surface area contributed by atoms with Crippen LogP contribution >= 0.6 is 11.3 Å². The van der Waals surface area contributed by atoms with Crippen LogP contribution in [-0.4, -0.2) is 14.3 Å². The van der Waals surface area contributed by atoms with Gasteiger partial charge in [0.15, 0.2) is 4.96 Å². The van der Waals surface area contributed by atoms with Crippen molar-refractivity contribution >= 4 is 49.9 Å². The Kier molecular flexibility index (Phi) is 3.32. The van der Waals surface area contributed by atoms with Crippen LogP contribution in [0.2, 0.25) is 0 Å². The van der Waals surface area contributed by atoms with Gasteiger partial charge in [0.05, 0.1) is 20.5 Å². The van der Waals surface area contributed by atoms with Crippen molar-refractivity contribution in [2.75, 3.05) is 0 Å². The van der Waals surface area contributed by atoms with E-state index in [9.17, 15) is 14.9 Å². The van der Waals surface area contributed by atoms with E-state index in [0.717, 1.165) is 21.8 Å². The summed E-state index contributed by atoms with van der Waals surface area (Å²) in [6.45, 7) is 0. The second kappa shape index (κ2) is 5.72. The Labute approximate surface area is 155 Å². The van der Waals surface area contributed by atoms with Gasteiger partial charge in [-0.2, -0.15) is 0 Å². The number of imidazole rings is 1. The largest absolute Gasteiger partial charge is 0.274 e. The van der Waals surface area contributed by atoms with Crippen LogP contribution in [0.5, 0.6) is 0 Å². The van der Waals surface area contributed by atoms with E-state index in [-0.39, 0.29) is 11.2 Å². The minimum atomic E-state index is -0.449. The summed E-state index contributed by atoms with van der Waals surface area (Å²) in [5.74, 6) is 0. The molecule has 0 saturated carbocycles. The molecule has 7 heteroatoms. The maximum absolute atomic E-state index is 12.9. The summed E-state index contributed by atoms with van der Waals surface area (Å²) in [6, 6.07) is 18.0. The summed E-state index contributed by atoms with van der Waals surface area (Å²) in [6.07, 6.45) is 1.67. The summed E-state index contributed by atoms with van der Waals surface area (Å²) >= 11 is 1.28. The zero-order valence-electron chi connectivity index (χ0n) is 13.8. The predicted molar refractivity (Wildman–Crippen MR) is 106 cm³/mol. The molecule has 5 aromatic rings. The molecule has 2 heterocycles. The predicted octanol–water partition coefficient (Wildman–Crippen LogP) is 3.52. The molecule has 0 aliphatic carbocycles. The van der Waals surface area contributed by atoms with Crippen LogP contribution in [0.15, 0.2) is 65.5 Å². The van der Waals surface area contributed by atoms with Gasteiger partial charge in [-0.25, -0.2) is 9.38 Å². The molecule has 6 nitrogen and oxygen atoms in total. The van der Waals surface area contributed by atoms with E-state index in [2.05, 4.69) is 4.98 Å². The normalized spacial score (nSPS) is 12.4. The van der Waals surface area contributed by atoms with E-state index in [0.29, 0.717) is 15.1 Å². The molecular weight excluding hydrogens is 362 g/mol. The van der Waals surface area contributed by atoms with Gasteiger partial charge in [-0.3, -0.25) is 14.9 Å². The fourth-order valence-corrected chi connectivity index (χ4v) is 4.26. The van der Waals surface area contributed by atoms with Crippen LogP contribution in [0.1, 0.15) is 5.56 Å². The second-order valence-corrected chi connectivity index (χ2v) is 7.16. The lowest BCUT2D eigenvalue weighted by atomic mass is 10.1. The second-order valence-electron chi connectivity index (χ2n) is 6.15. The van der Waals surface area contributed by atoms with Crippen molar-refractivity contribution in [1.82, 2.24) is 9.38 Å². The quantitative estimate of drug-likeness (QED) is 0.350. The molecule has 5 rings (SSSR count). The van der Waals surface area contributed by atoms with Crippen LogP contribution in [0.3, 0.4) is 0 Å². The van der Waals surface area contributed by atoms with E-state index in [1.54, 1.807) is 22.6 Å². The third kappa shape index (κ3) is 2.40. The minimum absolute atomic E-state index is 0.00514. The van der Waals surface area contributed by atoms with Gasteiger partial charge in [-0.15, -0.1) is 0 Å². The van der Waals surface area contributed by atoms with E-state index < -0.39 is 4.92 Å². The number of nitro groups is 1. The molecule has 0 amide bonds. The Morgan fingerprint density at radius 3 is 2.78 bits per heavy atom. The molecule has 0 aliphatic rings. The van der Waals surface area contributed by atoms with Crippen molar-refractivity contribution in [2.24, 2.45) is 0 Å². The third-order valence-corrected chi connectivity index (χ3v) is 5.48. The molecule has 0 N–H and O–H groups in total. The first-order valence-corrected chi connectivity index (χ1v) is 9.02. The van der Waals surface area contributed by atoms with Crippen LogP contribution in [0.4, 0.5) is 5.69 Å². The van der Waals surface area contributed by atoms with E-state index >= 15 is 0 Å². The van der Waals surface area contributed by atoms with Gasteiger partial charge in [-0.05, 0) is 23.1 Å². The van der Waals surface area contributed by atoms with Gasteiger partial charge in [-0.1, -0.05) is 53.8 Å². The van der Waals surface area contributed by atoms with Crippen molar-refractivity contribution < 1.29 is 4.92 Å². The fourth-order valence-electron chi connectivity index (χ4n) is 3.28. The smallest absolute Gasteiger partial charge is 0.267 e. The van der Waals surface area contributed by atoms with Gasteiger partial charge in [0.25, 0.3) is 11.2 Å². The highest BCUT2D eigenvalue weighted by molar-refractivity contribution is 7.15. The number of thiazole rings is 1. The van der Waals surface area contributed by atoms with Gasteiger partial charge in [0, 0.05) is 17.5 Å². The molecule has 130 valence electrons. The van der Waals surface area contributed by atoms with Crippen molar-refractivity contribution in [3.63, 3.8) is 0 Å². The van der Waals surface area contributed by atoms with E-state index in [1.807, 2.05) is 36.4 Å². The topological polar surface area (TPSA) is 77.5 Å². The number of rotatable bonds is 2. The molecule has 0 bridgehead atoms. The SMILES string of the molecule is O=c1/c(=C\c2cccc([N+](=O)[O-])c2)sc2nc3c4ccccc4ccc3n12. The average Bonchev–Trinajstić information content (AvgIpc) is 3.19. The zero-order chi connectivity index (χ0) is 18.5. The maximum atomic E-state index is 12.9. The van der Waals surface area contributed by atoms with Gasteiger partial charge >= 0.3 is 0 Å². The first-order valence-electron chi connectivity index (χ1n) is 8.21. The molecule has 0 fully saturated rings. The van der Waals surface area contributed by atoms with Gasteiger partial charge < -0.3 is 0 Å². The molecule has 2 aromatic heterocycles. The highest BCUT2D eigenvalue weighted by atomic mass is 32.1. The minimum Gasteiger partial charge on any atom is -0.267 e. The molecule has 0 aliphatic heterocycles. The number of nitrogens with zero attached hydrogens (tertiary/aromatic N) is 3. The lowest BCUT2D eigenvalue weighted by molar-refractivity contribution is -0.384. The highest BCUT2D eigenvalue weighted by Gasteiger charge is 2.13. The van der Waals surface area contributed by atoms with Crippen molar-refractivity contribution in [3.8, 4) is 0 Å². The number of aromatic nitrogens is 2. The van der Waals surface area contributed by atoms with Gasteiger partial charge in [0.2, 0.25) is 0 Å². The molecule has 0 atom stereocenters.